The molecule has 8 heteroatoms. The lowest BCUT2D eigenvalue weighted by molar-refractivity contribution is -0.146. The molecule has 2 unspecified atom stereocenters. The molecule has 7 nitrogen and oxygen atoms in total. The monoisotopic (exact) mass is 425 g/mol. The molecule has 3 aromatic rings. The summed E-state index contributed by atoms with van der Waals surface area (Å²) in [7, 11) is 0. The summed E-state index contributed by atoms with van der Waals surface area (Å²) >= 11 is 1.38. The van der Waals surface area contributed by atoms with E-state index in [1.807, 2.05) is 17.0 Å². The van der Waals surface area contributed by atoms with Crippen LogP contribution < -0.4 is 0 Å². The topological polar surface area (TPSA) is 73.1 Å². The average Bonchev–Trinajstić information content (AvgIpc) is 3.10. The Labute approximate surface area is 180 Å². The number of para-hydroxylation sites is 1. The third kappa shape index (κ3) is 3.56. The highest BCUT2D eigenvalue weighted by Gasteiger charge is 2.36. The van der Waals surface area contributed by atoms with E-state index in [0.717, 1.165) is 47.9 Å². The molecular formula is C22H27N5O2S. The number of fused-ring (bicyclic) bond motifs is 4. The highest BCUT2D eigenvalue weighted by molar-refractivity contribution is 7.99. The lowest BCUT2D eigenvalue weighted by atomic mass is 9.90. The summed E-state index contributed by atoms with van der Waals surface area (Å²) in [5.41, 5.74) is 2.81. The number of amides is 1. The zero-order valence-electron chi connectivity index (χ0n) is 17.3. The Morgan fingerprint density at radius 3 is 3.00 bits per heavy atom. The first-order valence-corrected chi connectivity index (χ1v) is 11.9. The number of carbonyl (C=O) groups is 1. The van der Waals surface area contributed by atoms with Gasteiger partial charge in [-0.2, -0.15) is 0 Å². The molecular weight excluding hydrogens is 398 g/mol. The maximum absolute atomic E-state index is 13.0. The summed E-state index contributed by atoms with van der Waals surface area (Å²) < 4.78 is 8.11. The summed E-state index contributed by atoms with van der Waals surface area (Å²) in [6.45, 7) is 4.36. The Kier molecular flexibility index (Phi) is 5.60. The fourth-order valence-corrected chi connectivity index (χ4v) is 5.48. The molecule has 2 aliphatic rings. The zero-order valence-corrected chi connectivity index (χ0v) is 18.1. The summed E-state index contributed by atoms with van der Waals surface area (Å²) in [6.07, 6.45) is 5.70. The van der Waals surface area contributed by atoms with Gasteiger partial charge in [0.1, 0.15) is 5.52 Å². The van der Waals surface area contributed by atoms with Gasteiger partial charge >= 0.3 is 0 Å². The van der Waals surface area contributed by atoms with Crippen LogP contribution in [0.2, 0.25) is 0 Å². The largest absolute Gasteiger partial charge is 0.374 e. The number of aryl methyl sites for hydroxylation is 1. The van der Waals surface area contributed by atoms with Crippen LogP contribution in [0.25, 0.3) is 22.1 Å². The minimum atomic E-state index is 0.151. The number of ether oxygens (including phenoxy) is 1. The third-order valence-electron chi connectivity index (χ3n) is 6.18. The number of rotatable bonds is 5. The molecule has 2 fully saturated rings. The Morgan fingerprint density at radius 2 is 2.10 bits per heavy atom. The van der Waals surface area contributed by atoms with Crippen molar-refractivity contribution in [2.45, 2.75) is 62.9 Å². The number of nitrogens with zero attached hydrogens (tertiary/aromatic N) is 5. The molecule has 0 N–H and O–H groups in total. The Bertz CT molecular complexity index is 1070. The van der Waals surface area contributed by atoms with Crippen molar-refractivity contribution in [1.29, 1.82) is 0 Å². The lowest BCUT2D eigenvalue weighted by Gasteiger charge is -2.43. The first kappa shape index (κ1) is 19.8. The number of aromatic nitrogens is 4. The molecule has 0 spiro atoms. The second-order valence-electron chi connectivity index (χ2n) is 8.07. The number of carbonyl (C=O) groups excluding carboxylic acids is 1. The first-order valence-electron chi connectivity index (χ1n) is 10.9. The van der Waals surface area contributed by atoms with Crippen molar-refractivity contribution in [3.05, 3.63) is 24.3 Å². The first-order chi connectivity index (χ1) is 14.8. The van der Waals surface area contributed by atoms with Gasteiger partial charge in [0.05, 0.1) is 30.0 Å². The number of morpholine rings is 1. The van der Waals surface area contributed by atoms with Crippen LogP contribution in [-0.2, 0) is 16.1 Å². The smallest absolute Gasteiger partial charge is 0.233 e. The maximum Gasteiger partial charge on any atom is 0.233 e. The van der Waals surface area contributed by atoms with Crippen molar-refractivity contribution in [1.82, 2.24) is 24.6 Å². The highest BCUT2D eigenvalue weighted by Crippen LogP contribution is 2.30. The van der Waals surface area contributed by atoms with E-state index < -0.39 is 0 Å². The van der Waals surface area contributed by atoms with Gasteiger partial charge in [-0.15, -0.1) is 10.2 Å². The van der Waals surface area contributed by atoms with Crippen molar-refractivity contribution in [3.8, 4) is 0 Å². The number of hydrogen-bond donors (Lipinski definition) is 0. The van der Waals surface area contributed by atoms with Crippen LogP contribution in [0.1, 0.15) is 39.0 Å². The zero-order chi connectivity index (χ0) is 20.5. The Hall–Kier alpha value is -2.19. The molecule has 1 aliphatic carbocycles. The number of hydrogen-bond acceptors (Lipinski definition) is 6. The van der Waals surface area contributed by atoms with E-state index in [9.17, 15) is 4.79 Å². The van der Waals surface area contributed by atoms with Gasteiger partial charge in [-0.05, 0) is 25.3 Å². The number of benzene rings is 1. The molecule has 30 heavy (non-hydrogen) atoms. The maximum atomic E-state index is 13.0. The Morgan fingerprint density at radius 1 is 1.23 bits per heavy atom. The fraction of sp³-hybridized carbons (Fsp3) is 0.545. The van der Waals surface area contributed by atoms with Crippen molar-refractivity contribution in [2.75, 3.05) is 18.9 Å². The summed E-state index contributed by atoms with van der Waals surface area (Å²) in [4.78, 5) is 19.8. The molecule has 158 valence electrons. The van der Waals surface area contributed by atoms with Gasteiger partial charge in [0, 0.05) is 18.5 Å². The molecule has 1 aliphatic heterocycles. The van der Waals surface area contributed by atoms with E-state index in [1.54, 1.807) is 0 Å². The minimum Gasteiger partial charge on any atom is -0.374 e. The quantitative estimate of drug-likeness (QED) is 0.581. The molecule has 2 atom stereocenters. The van der Waals surface area contributed by atoms with Crippen molar-refractivity contribution in [3.63, 3.8) is 0 Å². The molecule has 3 heterocycles. The van der Waals surface area contributed by atoms with E-state index in [2.05, 4.69) is 33.8 Å². The summed E-state index contributed by atoms with van der Waals surface area (Å²) in [5.74, 6) is 0.489. The van der Waals surface area contributed by atoms with E-state index >= 15 is 0 Å². The summed E-state index contributed by atoms with van der Waals surface area (Å²) in [5, 5.41) is 10.4. The van der Waals surface area contributed by atoms with Gasteiger partial charge in [0.2, 0.25) is 11.1 Å². The lowest BCUT2D eigenvalue weighted by Crippen LogP contribution is -2.55. The van der Waals surface area contributed by atoms with Gasteiger partial charge in [0.25, 0.3) is 0 Å². The molecule has 1 amide bonds. The normalized spacial score (nSPS) is 21.8. The van der Waals surface area contributed by atoms with E-state index in [4.69, 9.17) is 9.72 Å². The van der Waals surface area contributed by atoms with Crippen LogP contribution in [0, 0.1) is 0 Å². The predicted octanol–water partition coefficient (Wildman–Crippen LogP) is 3.65. The van der Waals surface area contributed by atoms with Gasteiger partial charge in [-0.3, -0.25) is 4.79 Å². The molecule has 2 aromatic heterocycles. The van der Waals surface area contributed by atoms with Gasteiger partial charge in [-0.1, -0.05) is 49.7 Å². The van der Waals surface area contributed by atoms with Crippen LogP contribution >= 0.6 is 11.8 Å². The standard InChI is InChI=1S/C22H27N5O2S/c1-2-11-27-16-8-4-3-7-15(16)20-21(27)23-22(25-24-20)30-14-19(28)26-12-13-29-18-10-6-5-9-17(18)26/h3-4,7-8,17-18H,2,5-6,9-14H2,1H3. The van der Waals surface area contributed by atoms with Gasteiger partial charge < -0.3 is 14.2 Å². The second-order valence-corrected chi connectivity index (χ2v) is 9.01. The van der Waals surface area contributed by atoms with Crippen LogP contribution in [-0.4, -0.2) is 61.6 Å². The molecule has 0 bridgehead atoms. The minimum absolute atomic E-state index is 0.151. The van der Waals surface area contributed by atoms with Gasteiger partial charge in [-0.25, -0.2) is 4.98 Å². The molecule has 1 saturated carbocycles. The Balaban J connectivity index is 1.36. The highest BCUT2D eigenvalue weighted by atomic mass is 32.2. The summed E-state index contributed by atoms with van der Waals surface area (Å²) in [6, 6.07) is 8.45. The third-order valence-corrected chi connectivity index (χ3v) is 7.00. The van der Waals surface area contributed by atoms with E-state index in [1.165, 1.54) is 24.6 Å². The average molecular weight is 426 g/mol. The molecule has 1 saturated heterocycles. The van der Waals surface area contributed by atoms with Crippen LogP contribution in [0.3, 0.4) is 0 Å². The fourth-order valence-electron chi connectivity index (χ4n) is 4.82. The van der Waals surface area contributed by atoms with Crippen molar-refractivity contribution < 1.29 is 9.53 Å². The van der Waals surface area contributed by atoms with Crippen molar-refractivity contribution in [2.24, 2.45) is 0 Å². The second kappa shape index (κ2) is 8.51. The van der Waals surface area contributed by atoms with Crippen LogP contribution in [0.4, 0.5) is 0 Å². The van der Waals surface area contributed by atoms with Crippen LogP contribution in [0.15, 0.2) is 29.4 Å². The van der Waals surface area contributed by atoms with Crippen LogP contribution in [0.5, 0.6) is 0 Å². The molecule has 1 aromatic carbocycles. The van der Waals surface area contributed by atoms with E-state index in [-0.39, 0.29) is 18.1 Å². The predicted molar refractivity (Wildman–Crippen MR) is 118 cm³/mol. The van der Waals surface area contributed by atoms with Crippen molar-refractivity contribution >= 4 is 39.7 Å². The van der Waals surface area contributed by atoms with Gasteiger partial charge in [0.15, 0.2) is 5.65 Å². The molecule has 0 radical (unpaired) electrons. The SMILES string of the molecule is CCCn1c2ccccc2c2nnc(SCC(=O)N3CCOC4CCCCC43)nc21. The molecule has 5 rings (SSSR count). The van der Waals surface area contributed by atoms with E-state index in [0.29, 0.717) is 24.1 Å². The number of thioether (sulfide) groups is 1.